The standard InChI is InChI=1S/C18H21FN4S/c19-13-5-6-17-15(11-13)16(7-10-24-17)21-14-3-2-9-23(12-14)18-4-1-8-20-22-18/h1,4-6,8,11,14,16,21H,2-3,7,9-10,12H2/t14-,16+/m1/s1. The van der Waals surface area contributed by atoms with Crippen molar-refractivity contribution in [2.75, 3.05) is 23.7 Å². The maximum atomic E-state index is 13.7. The highest BCUT2D eigenvalue weighted by Gasteiger charge is 2.27. The summed E-state index contributed by atoms with van der Waals surface area (Å²) < 4.78 is 13.7. The van der Waals surface area contributed by atoms with Crippen LogP contribution in [-0.2, 0) is 0 Å². The molecule has 3 heterocycles. The normalized spacial score (nSPS) is 23.8. The third-order valence-electron chi connectivity index (χ3n) is 4.75. The molecule has 1 aromatic carbocycles. The summed E-state index contributed by atoms with van der Waals surface area (Å²) in [4.78, 5) is 3.50. The van der Waals surface area contributed by atoms with Crippen LogP contribution in [0.2, 0.25) is 0 Å². The maximum Gasteiger partial charge on any atom is 0.151 e. The van der Waals surface area contributed by atoms with E-state index in [2.05, 4.69) is 20.4 Å². The van der Waals surface area contributed by atoms with Crippen LogP contribution in [0.15, 0.2) is 41.4 Å². The van der Waals surface area contributed by atoms with Crippen LogP contribution in [0.3, 0.4) is 0 Å². The average Bonchev–Trinajstić information content (AvgIpc) is 2.63. The zero-order valence-corrected chi connectivity index (χ0v) is 14.3. The van der Waals surface area contributed by atoms with Gasteiger partial charge in [-0.15, -0.1) is 16.9 Å². The number of nitrogens with one attached hydrogen (secondary N) is 1. The van der Waals surface area contributed by atoms with Gasteiger partial charge in [0.1, 0.15) is 5.82 Å². The molecule has 2 aliphatic heterocycles. The van der Waals surface area contributed by atoms with Crippen molar-refractivity contribution in [3.05, 3.63) is 47.9 Å². The molecule has 4 nitrogen and oxygen atoms in total. The van der Waals surface area contributed by atoms with Gasteiger partial charge in [-0.05, 0) is 60.9 Å². The minimum absolute atomic E-state index is 0.145. The molecule has 0 unspecified atom stereocenters. The number of halogens is 1. The number of nitrogens with zero attached hydrogens (tertiary/aromatic N) is 3. The van der Waals surface area contributed by atoms with E-state index in [-0.39, 0.29) is 11.9 Å². The Labute approximate surface area is 145 Å². The number of hydrogen-bond acceptors (Lipinski definition) is 5. The lowest BCUT2D eigenvalue weighted by atomic mass is 9.99. The van der Waals surface area contributed by atoms with E-state index in [1.165, 1.54) is 4.90 Å². The first-order valence-electron chi connectivity index (χ1n) is 8.50. The Hall–Kier alpha value is -1.66. The van der Waals surface area contributed by atoms with Crippen LogP contribution in [-0.4, -0.2) is 35.1 Å². The third kappa shape index (κ3) is 3.39. The Kier molecular flexibility index (Phi) is 4.67. The van der Waals surface area contributed by atoms with E-state index in [0.29, 0.717) is 6.04 Å². The Morgan fingerprint density at radius 3 is 3.08 bits per heavy atom. The quantitative estimate of drug-likeness (QED) is 0.924. The predicted molar refractivity (Wildman–Crippen MR) is 94.9 cm³/mol. The van der Waals surface area contributed by atoms with Gasteiger partial charge in [-0.25, -0.2) is 4.39 Å². The molecule has 4 rings (SSSR count). The molecule has 1 fully saturated rings. The van der Waals surface area contributed by atoms with Crippen molar-refractivity contribution >= 4 is 17.6 Å². The number of hydrogen-bond donors (Lipinski definition) is 1. The number of fused-ring (bicyclic) bond motifs is 1. The van der Waals surface area contributed by atoms with E-state index in [4.69, 9.17) is 0 Å². The van der Waals surface area contributed by atoms with Gasteiger partial charge in [-0.1, -0.05) is 0 Å². The van der Waals surface area contributed by atoms with Crippen molar-refractivity contribution in [1.29, 1.82) is 0 Å². The molecular formula is C18H21FN4S. The lowest BCUT2D eigenvalue weighted by molar-refractivity contribution is 0.366. The number of benzene rings is 1. The second-order valence-electron chi connectivity index (χ2n) is 6.41. The molecule has 0 radical (unpaired) electrons. The van der Waals surface area contributed by atoms with Gasteiger partial charge in [-0.3, -0.25) is 0 Å². The van der Waals surface area contributed by atoms with Crippen molar-refractivity contribution in [2.45, 2.75) is 36.2 Å². The summed E-state index contributed by atoms with van der Waals surface area (Å²) >= 11 is 1.83. The van der Waals surface area contributed by atoms with E-state index in [9.17, 15) is 4.39 Å². The number of piperidine rings is 1. The van der Waals surface area contributed by atoms with Crippen LogP contribution in [0.25, 0.3) is 0 Å². The summed E-state index contributed by atoms with van der Waals surface area (Å²) in [7, 11) is 0. The molecule has 0 saturated carbocycles. The number of rotatable bonds is 3. The highest BCUT2D eigenvalue weighted by molar-refractivity contribution is 7.99. The Balaban J connectivity index is 1.47. The van der Waals surface area contributed by atoms with Gasteiger partial charge in [0.2, 0.25) is 0 Å². The first-order valence-corrected chi connectivity index (χ1v) is 9.49. The molecule has 1 aromatic heterocycles. The topological polar surface area (TPSA) is 41.0 Å². The zero-order valence-electron chi connectivity index (χ0n) is 13.5. The monoisotopic (exact) mass is 344 g/mol. The molecule has 0 bridgehead atoms. The Bertz CT molecular complexity index is 697. The molecule has 2 aromatic rings. The summed E-state index contributed by atoms with van der Waals surface area (Å²) in [6.07, 6.45) is 5.02. The third-order valence-corrected chi connectivity index (χ3v) is 5.87. The molecule has 2 atom stereocenters. The van der Waals surface area contributed by atoms with E-state index >= 15 is 0 Å². The van der Waals surface area contributed by atoms with Gasteiger partial charge >= 0.3 is 0 Å². The zero-order chi connectivity index (χ0) is 16.4. The molecule has 6 heteroatoms. The summed E-state index contributed by atoms with van der Waals surface area (Å²) in [5.74, 6) is 1.87. The molecule has 2 aliphatic rings. The van der Waals surface area contributed by atoms with Crippen LogP contribution < -0.4 is 10.2 Å². The summed E-state index contributed by atoms with van der Waals surface area (Å²) in [5, 5.41) is 12.0. The van der Waals surface area contributed by atoms with Crippen molar-refractivity contribution in [2.24, 2.45) is 0 Å². The molecule has 126 valence electrons. The molecule has 0 aliphatic carbocycles. The lowest BCUT2D eigenvalue weighted by Crippen LogP contribution is -2.47. The van der Waals surface area contributed by atoms with Gasteiger partial charge < -0.3 is 10.2 Å². The van der Waals surface area contributed by atoms with Crippen molar-refractivity contribution < 1.29 is 4.39 Å². The highest BCUT2D eigenvalue weighted by atomic mass is 32.2. The maximum absolute atomic E-state index is 13.7. The highest BCUT2D eigenvalue weighted by Crippen LogP contribution is 2.37. The van der Waals surface area contributed by atoms with Gasteiger partial charge in [0.15, 0.2) is 5.82 Å². The second-order valence-corrected chi connectivity index (χ2v) is 7.54. The van der Waals surface area contributed by atoms with Crippen LogP contribution in [0.1, 0.15) is 30.9 Å². The van der Waals surface area contributed by atoms with Crippen LogP contribution in [0.4, 0.5) is 10.2 Å². The minimum Gasteiger partial charge on any atom is -0.354 e. The smallest absolute Gasteiger partial charge is 0.151 e. The van der Waals surface area contributed by atoms with E-state index in [1.54, 1.807) is 18.3 Å². The lowest BCUT2D eigenvalue weighted by Gasteiger charge is -2.37. The van der Waals surface area contributed by atoms with Crippen molar-refractivity contribution in [1.82, 2.24) is 15.5 Å². The van der Waals surface area contributed by atoms with E-state index < -0.39 is 0 Å². The fraction of sp³-hybridized carbons (Fsp3) is 0.444. The van der Waals surface area contributed by atoms with Crippen LogP contribution in [0, 0.1) is 5.82 Å². The fourth-order valence-electron chi connectivity index (χ4n) is 3.61. The molecular weight excluding hydrogens is 323 g/mol. The van der Waals surface area contributed by atoms with Gasteiger partial charge in [0.05, 0.1) is 0 Å². The summed E-state index contributed by atoms with van der Waals surface area (Å²) in [6, 6.07) is 9.74. The van der Waals surface area contributed by atoms with Crippen molar-refractivity contribution in [3.8, 4) is 0 Å². The SMILES string of the molecule is Fc1ccc2c(c1)[C@@H](N[C@@H]1CCCN(c3cccnn3)C1)CCS2. The fourth-order valence-corrected chi connectivity index (χ4v) is 4.71. The molecule has 1 N–H and O–H groups in total. The first-order chi connectivity index (χ1) is 11.8. The molecule has 0 amide bonds. The van der Waals surface area contributed by atoms with Crippen LogP contribution >= 0.6 is 11.8 Å². The number of aromatic nitrogens is 2. The number of thioether (sulfide) groups is 1. The molecule has 0 spiro atoms. The summed E-state index contributed by atoms with van der Waals surface area (Å²) in [6.45, 7) is 1.94. The largest absolute Gasteiger partial charge is 0.354 e. The second kappa shape index (κ2) is 7.07. The van der Waals surface area contributed by atoms with Crippen molar-refractivity contribution in [3.63, 3.8) is 0 Å². The van der Waals surface area contributed by atoms with Crippen LogP contribution in [0.5, 0.6) is 0 Å². The predicted octanol–water partition coefficient (Wildman–Crippen LogP) is 3.41. The first kappa shape index (κ1) is 15.8. The van der Waals surface area contributed by atoms with Gasteiger partial charge in [0.25, 0.3) is 0 Å². The van der Waals surface area contributed by atoms with Gasteiger partial charge in [-0.2, -0.15) is 5.10 Å². The molecule has 1 saturated heterocycles. The van der Waals surface area contributed by atoms with E-state index in [0.717, 1.165) is 49.5 Å². The van der Waals surface area contributed by atoms with Gasteiger partial charge in [0, 0.05) is 36.3 Å². The average molecular weight is 344 g/mol. The van der Waals surface area contributed by atoms with E-state index in [1.807, 2.05) is 30.0 Å². The Morgan fingerprint density at radius 1 is 1.25 bits per heavy atom. The number of anilines is 1. The summed E-state index contributed by atoms with van der Waals surface area (Å²) in [5.41, 5.74) is 1.11. The Morgan fingerprint density at radius 2 is 2.21 bits per heavy atom. The molecule has 24 heavy (non-hydrogen) atoms. The minimum atomic E-state index is -0.145.